The lowest BCUT2D eigenvalue weighted by Crippen LogP contribution is -2.06. The zero-order valence-electron chi connectivity index (χ0n) is 7.22. The summed E-state index contributed by atoms with van der Waals surface area (Å²) in [7, 11) is 0. The van der Waals surface area contributed by atoms with E-state index in [-0.39, 0.29) is 0 Å². The van der Waals surface area contributed by atoms with Crippen molar-refractivity contribution < 1.29 is 17.9 Å². The van der Waals surface area contributed by atoms with Gasteiger partial charge in [-0.05, 0) is 18.6 Å². The Hall–Kier alpha value is -1.70. The van der Waals surface area contributed by atoms with E-state index in [1.54, 1.807) is 0 Å². The number of halogens is 3. The minimum Gasteiger partial charge on any atom is -0.433 e. The molecular weight excluding hydrogens is 195 g/mol. The van der Waals surface area contributed by atoms with Crippen molar-refractivity contribution in [2.45, 2.75) is 13.5 Å². The molecule has 74 valence electrons. The molecule has 0 bridgehead atoms. The van der Waals surface area contributed by atoms with Gasteiger partial charge in [0.05, 0.1) is 0 Å². The highest BCUT2D eigenvalue weighted by molar-refractivity contribution is 5.48. The van der Waals surface area contributed by atoms with Crippen molar-refractivity contribution in [2.75, 3.05) is 0 Å². The van der Waals surface area contributed by atoms with Gasteiger partial charge in [-0.1, -0.05) is 6.07 Å². The number of nitriles is 1. The smallest absolute Gasteiger partial charge is 0.387 e. The van der Waals surface area contributed by atoms with Gasteiger partial charge in [-0.15, -0.1) is 0 Å². The molecule has 0 aliphatic carbocycles. The highest BCUT2D eigenvalue weighted by atomic mass is 19.3. The second-order valence-corrected chi connectivity index (χ2v) is 2.56. The van der Waals surface area contributed by atoms with Gasteiger partial charge in [0, 0.05) is 0 Å². The molecule has 0 unspecified atom stereocenters. The zero-order chi connectivity index (χ0) is 10.7. The van der Waals surface area contributed by atoms with Gasteiger partial charge in [-0.25, -0.2) is 4.39 Å². The van der Waals surface area contributed by atoms with Crippen LogP contribution in [0.3, 0.4) is 0 Å². The quantitative estimate of drug-likeness (QED) is 0.736. The Morgan fingerprint density at radius 3 is 2.57 bits per heavy atom. The van der Waals surface area contributed by atoms with Gasteiger partial charge < -0.3 is 4.74 Å². The van der Waals surface area contributed by atoms with Crippen LogP contribution in [-0.4, -0.2) is 6.61 Å². The molecular formula is C9H6F3NO. The Morgan fingerprint density at radius 2 is 2.07 bits per heavy atom. The number of aryl methyl sites for hydroxylation is 1. The van der Waals surface area contributed by atoms with Gasteiger partial charge >= 0.3 is 6.61 Å². The van der Waals surface area contributed by atoms with E-state index in [0.29, 0.717) is 5.56 Å². The summed E-state index contributed by atoms with van der Waals surface area (Å²) in [5.74, 6) is -1.27. The van der Waals surface area contributed by atoms with Crippen LogP contribution in [0.1, 0.15) is 11.1 Å². The molecule has 14 heavy (non-hydrogen) atoms. The number of alkyl halides is 2. The molecule has 0 saturated heterocycles. The summed E-state index contributed by atoms with van der Waals surface area (Å²) in [6, 6.07) is 3.78. The first-order valence-corrected chi connectivity index (χ1v) is 3.70. The first kappa shape index (κ1) is 10.4. The molecule has 0 aliphatic heterocycles. The highest BCUT2D eigenvalue weighted by Crippen LogP contribution is 2.26. The van der Waals surface area contributed by atoms with E-state index >= 15 is 0 Å². The fourth-order valence-electron chi connectivity index (χ4n) is 1.01. The molecule has 1 aromatic carbocycles. The largest absolute Gasteiger partial charge is 0.433 e. The van der Waals surface area contributed by atoms with Crippen LogP contribution in [0.25, 0.3) is 0 Å². The van der Waals surface area contributed by atoms with Gasteiger partial charge in [-0.2, -0.15) is 14.0 Å². The zero-order valence-corrected chi connectivity index (χ0v) is 7.22. The standard InChI is InChI=1S/C9H6F3NO/c1-5-2-3-7(10)6(4-13)8(5)14-9(11)12/h2-3,9H,1H3. The van der Waals surface area contributed by atoms with Crippen molar-refractivity contribution in [3.63, 3.8) is 0 Å². The molecule has 0 saturated carbocycles. The molecule has 2 nitrogen and oxygen atoms in total. The van der Waals surface area contributed by atoms with Crippen molar-refractivity contribution in [3.8, 4) is 11.8 Å². The molecule has 0 heterocycles. The molecule has 0 spiro atoms. The molecule has 0 radical (unpaired) electrons. The molecule has 0 amide bonds. The van der Waals surface area contributed by atoms with Gasteiger partial charge in [0.15, 0.2) is 0 Å². The summed E-state index contributed by atoms with van der Waals surface area (Å²) in [4.78, 5) is 0. The summed E-state index contributed by atoms with van der Waals surface area (Å²) in [6.07, 6.45) is 0. The summed E-state index contributed by atoms with van der Waals surface area (Å²) >= 11 is 0. The fraction of sp³-hybridized carbons (Fsp3) is 0.222. The maximum Gasteiger partial charge on any atom is 0.387 e. The average molecular weight is 201 g/mol. The van der Waals surface area contributed by atoms with Gasteiger partial charge in [0.2, 0.25) is 0 Å². The third kappa shape index (κ3) is 1.96. The van der Waals surface area contributed by atoms with Crippen molar-refractivity contribution in [1.82, 2.24) is 0 Å². The van der Waals surface area contributed by atoms with E-state index < -0.39 is 23.7 Å². The van der Waals surface area contributed by atoms with Crippen molar-refractivity contribution >= 4 is 0 Å². The minimum atomic E-state index is -3.07. The van der Waals surface area contributed by atoms with E-state index in [9.17, 15) is 13.2 Å². The second-order valence-electron chi connectivity index (χ2n) is 2.56. The van der Waals surface area contributed by atoms with Crippen LogP contribution in [0, 0.1) is 24.1 Å². The van der Waals surface area contributed by atoms with Crippen molar-refractivity contribution in [1.29, 1.82) is 5.26 Å². The highest BCUT2D eigenvalue weighted by Gasteiger charge is 2.15. The van der Waals surface area contributed by atoms with E-state index in [1.165, 1.54) is 19.1 Å². The first-order chi connectivity index (χ1) is 6.56. The lowest BCUT2D eigenvalue weighted by Gasteiger charge is -2.09. The number of ether oxygens (including phenoxy) is 1. The molecule has 0 N–H and O–H groups in total. The van der Waals surface area contributed by atoms with Crippen molar-refractivity contribution in [3.05, 3.63) is 29.1 Å². The topological polar surface area (TPSA) is 33.0 Å². The summed E-state index contributed by atoms with van der Waals surface area (Å²) in [6.45, 7) is -1.61. The van der Waals surface area contributed by atoms with E-state index in [4.69, 9.17) is 5.26 Å². The third-order valence-electron chi connectivity index (χ3n) is 1.62. The van der Waals surface area contributed by atoms with Crippen LogP contribution in [0.15, 0.2) is 12.1 Å². The Balaban J connectivity index is 3.25. The van der Waals surface area contributed by atoms with Crippen LogP contribution in [0.5, 0.6) is 5.75 Å². The molecule has 0 aromatic heterocycles. The van der Waals surface area contributed by atoms with Gasteiger partial charge in [-0.3, -0.25) is 0 Å². The lowest BCUT2D eigenvalue weighted by atomic mass is 10.1. The van der Waals surface area contributed by atoms with Crippen LogP contribution >= 0.6 is 0 Å². The number of benzene rings is 1. The summed E-state index contributed by atoms with van der Waals surface area (Å²) in [5.41, 5.74) is -0.200. The summed E-state index contributed by atoms with van der Waals surface area (Å²) < 4.78 is 40.8. The molecule has 1 aromatic rings. The van der Waals surface area contributed by atoms with Crippen molar-refractivity contribution in [2.24, 2.45) is 0 Å². The van der Waals surface area contributed by atoms with Crippen LogP contribution in [0.2, 0.25) is 0 Å². The predicted octanol–water partition coefficient (Wildman–Crippen LogP) is 2.61. The number of hydrogen-bond acceptors (Lipinski definition) is 2. The fourth-order valence-corrected chi connectivity index (χ4v) is 1.01. The van der Waals surface area contributed by atoms with Crippen LogP contribution in [-0.2, 0) is 0 Å². The molecule has 0 aliphatic rings. The molecule has 1 rings (SSSR count). The Morgan fingerprint density at radius 1 is 1.43 bits per heavy atom. The summed E-state index contributed by atoms with van der Waals surface area (Å²) in [5, 5.41) is 8.52. The monoisotopic (exact) mass is 201 g/mol. The number of rotatable bonds is 2. The molecule has 0 atom stereocenters. The maximum absolute atomic E-state index is 12.9. The minimum absolute atomic E-state index is 0.295. The van der Waals surface area contributed by atoms with Gasteiger partial charge in [0.25, 0.3) is 0 Å². The van der Waals surface area contributed by atoms with E-state index in [1.807, 2.05) is 0 Å². The maximum atomic E-state index is 12.9. The number of nitrogens with zero attached hydrogens (tertiary/aromatic N) is 1. The van der Waals surface area contributed by atoms with Crippen LogP contribution in [0.4, 0.5) is 13.2 Å². The normalized spacial score (nSPS) is 10.0. The Bertz CT molecular complexity index is 384. The van der Waals surface area contributed by atoms with Gasteiger partial charge in [0.1, 0.15) is 23.2 Å². The SMILES string of the molecule is Cc1ccc(F)c(C#N)c1OC(F)F. The average Bonchev–Trinajstić information content (AvgIpc) is 2.11. The predicted molar refractivity (Wildman–Crippen MR) is 42.5 cm³/mol. The number of hydrogen-bond donors (Lipinski definition) is 0. The molecule has 0 fully saturated rings. The molecule has 5 heteroatoms. The Kier molecular flexibility index (Phi) is 2.97. The van der Waals surface area contributed by atoms with Crippen LogP contribution < -0.4 is 4.74 Å². The van der Waals surface area contributed by atoms with E-state index in [0.717, 1.165) is 6.07 Å². The second kappa shape index (κ2) is 4.01. The third-order valence-corrected chi connectivity index (χ3v) is 1.62. The Labute approximate surface area is 78.5 Å². The first-order valence-electron chi connectivity index (χ1n) is 3.70. The van der Waals surface area contributed by atoms with E-state index in [2.05, 4.69) is 4.74 Å². The lowest BCUT2D eigenvalue weighted by molar-refractivity contribution is -0.0506.